The van der Waals surface area contributed by atoms with Crippen LogP contribution in [0.15, 0.2) is 12.1 Å². The van der Waals surface area contributed by atoms with Gasteiger partial charge in [-0.3, -0.25) is 4.79 Å². The first-order valence-corrected chi connectivity index (χ1v) is 5.15. The fraction of sp³-hybridized carbons (Fsp3) is 0.300. The highest BCUT2D eigenvalue weighted by Crippen LogP contribution is 2.21. The third-order valence-electron chi connectivity index (χ3n) is 2.07. The lowest BCUT2D eigenvalue weighted by Crippen LogP contribution is -2.08. The number of rotatable bonds is 2. The molecule has 0 aliphatic carbocycles. The molecule has 0 bridgehead atoms. The van der Waals surface area contributed by atoms with Gasteiger partial charge in [-0.25, -0.2) is 0 Å². The van der Waals surface area contributed by atoms with Gasteiger partial charge in [-0.2, -0.15) is 0 Å². The third-order valence-corrected chi connectivity index (χ3v) is 2.58. The molecular weight excluding hydrogens is 230 g/mol. The van der Waals surface area contributed by atoms with Gasteiger partial charge in [0.25, 0.3) is 0 Å². The van der Waals surface area contributed by atoms with E-state index in [2.05, 4.69) is 15.9 Å². The van der Waals surface area contributed by atoms with E-state index in [0.29, 0.717) is 16.6 Å². The molecule has 0 amide bonds. The van der Waals surface area contributed by atoms with Gasteiger partial charge >= 0.3 is 0 Å². The van der Waals surface area contributed by atoms with Crippen LogP contribution in [-0.4, -0.2) is 11.1 Å². The lowest BCUT2D eigenvalue weighted by atomic mass is 10.00. The molecule has 2 nitrogen and oxygen atoms in total. The van der Waals surface area contributed by atoms with Gasteiger partial charge in [-0.05, 0) is 25.0 Å². The first kappa shape index (κ1) is 10.3. The van der Waals surface area contributed by atoms with Gasteiger partial charge in [0.1, 0.15) is 0 Å². The molecule has 0 fully saturated rings. The van der Waals surface area contributed by atoms with Crippen LogP contribution in [-0.2, 0) is 0 Å². The summed E-state index contributed by atoms with van der Waals surface area (Å²) in [4.78, 5) is 11.5. The van der Waals surface area contributed by atoms with Crippen LogP contribution in [0.5, 0.6) is 0 Å². The topological polar surface area (TPSA) is 43.1 Å². The van der Waals surface area contributed by atoms with E-state index in [1.54, 1.807) is 0 Å². The van der Waals surface area contributed by atoms with Crippen molar-refractivity contribution in [3.63, 3.8) is 0 Å². The van der Waals surface area contributed by atoms with Crippen molar-refractivity contribution in [2.45, 2.75) is 13.8 Å². The zero-order valence-electron chi connectivity index (χ0n) is 7.73. The standard InChI is InChI=1S/C10H12BrNO/c1-6-3-4-7(2)10(12)9(6)8(13)5-11/h3-4H,5,12H2,1-2H3. The second-order valence-corrected chi connectivity index (χ2v) is 3.61. The monoisotopic (exact) mass is 241 g/mol. The van der Waals surface area contributed by atoms with Crippen LogP contribution in [0.3, 0.4) is 0 Å². The number of benzene rings is 1. The second kappa shape index (κ2) is 3.92. The number of carbonyl (C=O) groups is 1. The fourth-order valence-corrected chi connectivity index (χ4v) is 1.55. The van der Waals surface area contributed by atoms with Gasteiger partial charge in [0.2, 0.25) is 0 Å². The van der Waals surface area contributed by atoms with Crippen molar-refractivity contribution in [3.8, 4) is 0 Å². The Balaban J connectivity index is 3.33. The molecule has 0 aromatic heterocycles. The number of halogens is 1. The molecule has 0 aliphatic rings. The first-order valence-electron chi connectivity index (χ1n) is 4.02. The number of nitrogen functional groups attached to an aromatic ring is 1. The van der Waals surface area contributed by atoms with E-state index >= 15 is 0 Å². The number of alkyl halides is 1. The molecule has 1 aromatic carbocycles. The number of Topliss-reactive ketones (excluding diaryl/α,β-unsaturated/α-hetero) is 1. The number of aryl methyl sites for hydroxylation is 2. The molecule has 0 spiro atoms. The Morgan fingerprint density at radius 3 is 2.46 bits per heavy atom. The molecule has 3 heteroatoms. The van der Waals surface area contributed by atoms with Gasteiger partial charge < -0.3 is 5.73 Å². The van der Waals surface area contributed by atoms with E-state index in [0.717, 1.165) is 11.1 Å². The SMILES string of the molecule is Cc1ccc(C)c(C(=O)CBr)c1N. The smallest absolute Gasteiger partial charge is 0.175 e. The molecule has 13 heavy (non-hydrogen) atoms. The van der Waals surface area contributed by atoms with Gasteiger partial charge in [-0.15, -0.1) is 0 Å². The van der Waals surface area contributed by atoms with E-state index in [-0.39, 0.29) is 5.78 Å². The zero-order valence-corrected chi connectivity index (χ0v) is 9.31. The van der Waals surface area contributed by atoms with Gasteiger partial charge in [0.15, 0.2) is 5.78 Å². The normalized spacial score (nSPS) is 10.1. The Labute approximate surface area is 86.3 Å². The molecule has 0 heterocycles. The summed E-state index contributed by atoms with van der Waals surface area (Å²) in [6.07, 6.45) is 0. The number of ketones is 1. The minimum atomic E-state index is 0.0405. The quantitative estimate of drug-likeness (QED) is 0.491. The van der Waals surface area contributed by atoms with E-state index < -0.39 is 0 Å². The number of hydrogen-bond donors (Lipinski definition) is 1. The van der Waals surface area contributed by atoms with Crippen molar-refractivity contribution < 1.29 is 4.79 Å². The molecule has 0 aliphatic heterocycles. The number of anilines is 1. The summed E-state index contributed by atoms with van der Waals surface area (Å²) in [5.41, 5.74) is 8.96. The maximum atomic E-state index is 11.5. The zero-order chi connectivity index (χ0) is 10.0. The Kier molecular flexibility index (Phi) is 3.09. The maximum absolute atomic E-state index is 11.5. The molecule has 0 radical (unpaired) electrons. The van der Waals surface area contributed by atoms with E-state index in [4.69, 9.17) is 5.73 Å². The van der Waals surface area contributed by atoms with Crippen LogP contribution >= 0.6 is 15.9 Å². The molecule has 2 N–H and O–H groups in total. The van der Waals surface area contributed by atoms with Crippen LogP contribution < -0.4 is 5.73 Å². The molecule has 0 unspecified atom stereocenters. The van der Waals surface area contributed by atoms with Gasteiger partial charge in [-0.1, -0.05) is 28.1 Å². The van der Waals surface area contributed by atoms with Crippen molar-refractivity contribution in [1.29, 1.82) is 0 Å². The Morgan fingerprint density at radius 1 is 1.38 bits per heavy atom. The summed E-state index contributed by atoms with van der Waals surface area (Å²) < 4.78 is 0. The Bertz CT molecular complexity index is 347. The van der Waals surface area contributed by atoms with Crippen molar-refractivity contribution in [1.82, 2.24) is 0 Å². The van der Waals surface area contributed by atoms with Gasteiger partial charge in [0, 0.05) is 11.3 Å². The van der Waals surface area contributed by atoms with Crippen molar-refractivity contribution in [3.05, 3.63) is 28.8 Å². The van der Waals surface area contributed by atoms with Gasteiger partial charge in [0.05, 0.1) is 5.33 Å². The molecular formula is C10H12BrNO. The molecule has 0 atom stereocenters. The third kappa shape index (κ3) is 1.91. The molecule has 70 valence electrons. The minimum absolute atomic E-state index is 0.0405. The molecule has 1 rings (SSSR count). The average Bonchev–Trinajstić information content (AvgIpc) is 2.12. The number of carbonyl (C=O) groups excluding carboxylic acids is 1. The van der Waals surface area contributed by atoms with Crippen LogP contribution in [0.4, 0.5) is 5.69 Å². The predicted octanol–water partition coefficient (Wildman–Crippen LogP) is 2.46. The van der Waals surface area contributed by atoms with E-state index in [1.807, 2.05) is 26.0 Å². The second-order valence-electron chi connectivity index (χ2n) is 3.04. The average molecular weight is 242 g/mol. The van der Waals surface area contributed by atoms with E-state index in [1.165, 1.54) is 0 Å². The molecule has 1 aromatic rings. The summed E-state index contributed by atoms with van der Waals surface area (Å²) in [5.74, 6) is 0.0405. The lowest BCUT2D eigenvalue weighted by molar-refractivity contribution is 0.102. The Hall–Kier alpha value is -0.830. The molecule has 0 saturated heterocycles. The Morgan fingerprint density at radius 2 is 1.92 bits per heavy atom. The number of nitrogens with two attached hydrogens (primary N) is 1. The highest BCUT2D eigenvalue weighted by Gasteiger charge is 2.12. The van der Waals surface area contributed by atoms with Crippen molar-refractivity contribution in [2.24, 2.45) is 0 Å². The fourth-order valence-electron chi connectivity index (χ4n) is 1.27. The van der Waals surface area contributed by atoms with E-state index in [9.17, 15) is 4.79 Å². The lowest BCUT2D eigenvalue weighted by Gasteiger charge is -2.09. The van der Waals surface area contributed by atoms with Crippen LogP contribution in [0.2, 0.25) is 0 Å². The minimum Gasteiger partial charge on any atom is -0.398 e. The summed E-state index contributed by atoms with van der Waals surface area (Å²) in [6, 6.07) is 3.84. The van der Waals surface area contributed by atoms with Crippen molar-refractivity contribution in [2.75, 3.05) is 11.1 Å². The molecule has 0 saturated carbocycles. The highest BCUT2D eigenvalue weighted by molar-refractivity contribution is 9.09. The summed E-state index contributed by atoms with van der Waals surface area (Å²) in [7, 11) is 0. The predicted molar refractivity (Wildman–Crippen MR) is 58.5 cm³/mol. The van der Waals surface area contributed by atoms with Crippen molar-refractivity contribution >= 4 is 27.4 Å². The summed E-state index contributed by atoms with van der Waals surface area (Å²) in [5, 5.41) is 0.321. The summed E-state index contributed by atoms with van der Waals surface area (Å²) in [6.45, 7) is 3.80. The first-order chi connectivity index (χ1) is 6.07. The maximum Gasteiger partial charge on any atom is 0.175 e. The van der Waals surface area contributed by atoms with Crippen LogP contribution in [0.25, 0.3) is 0 Å². The highest BCUT2D eigenvalue weighted by atomic mass is 79.9. The van der Waals surface area contributed by atoms with Crippen LogP contribution in [0.1, 0.15) is 21.5 Å². The summed E-state index contributed by atoms with van der Waals surface area (Å²) >= 11 is 3.14. The number of hydrogen-bond acceptors (Lipinski definition) is 2. The van der Waals surface area contributed by atoms with Crippen LogP contribution in [0, 0.1) is 13.8 Å². The largest absolute Gasteiger partial charge is 0.398 e.